The van der Waals surface area contributed by atoms with Crippen LogP contribution in [0.2, 0.25) is 0 Å². The van der Waals surface area contributed by atoms with Crippen LogP contribution in [0, 0.1) is 13.8 Å². The second-order valence-corrected chi connectivity index (χ2v) is 5.33. The first kappa shape index (κ1) is 14.8. The zero-order valence-electron chi connectivity index (χ0n) is 12.4. The molecule has 2 rings (SSSR count). The number of furan rings is 1. The molecule has 3 nitrogen and oxygen atoms in total. The van der Waals surface area contributed by atoms with Gasteiger partial charge >= 0.3 is 0 Å². The second-order valence-electron chi connectivity index (χ2n) is 5.33. The Morgan fingerprint density at radius 1 is 1.20 bits per heavy atom. The topological polar surface area (TPSA) is 45.4 Å². The third kappa shape index (κ3) is 3.71. The minimum absolute atomic E-state index is 0.0435. The number of hydrogen-bond donors (Lipinski definition) is 2. The molecule has 0 saturated carbocycles. The molecular weight excluding hydrogens is 250 g/mol. The molecule has 0 radical (unpaired) electrons. The summed E-state index contributed by atoms with van der Waals surface area (Å²) in [6.07, 6.45) is 0.817. The summed E-state index contributed by atoms with van der Waals surface area (Å²) in [5.74, 6) is 1.87. The molecule has 0 amide bonds. The maximum Gasteiger partial charge on any atom is 0.105 e. The molecule has 0 bridgehead atoms. The zero-order valence-corrected chi connectivity index (χ0v) is 12.4. The van der Waals surface area contributed by atoms with Crippen LogP contribution in [-0.2, 0) is 6.42 Å². The Hall–Kier alpha value is -1.58. The Kier molecular flexibility index (Phi) is 4.99. The van der Waals surface area contributed by atoms with Crippen molar-refractivity contribution in [2.24, 2.45) is 0 Å². The van der Waals surface area contributed by atoms with Gasteiger partial charge in [0.15, 0.2) is 0 Å². The monoisotopic (exact) mass is 273 g/mol. The Bertz CT molecular complexity index is 533. The molecule has 0 aliphatic carbocycles. The fraction of sp³-hybridized carbons (Fsp3) is 0.412. The summed E-state index contributed by atoms with van der Waals surface area (Å²) in [7, 11) is 0. The molecule has 20 heavy (non-hydrogen) atoms. The third-order valence-corrected chi connectivity index (χ3v) is 3.58. The molecule has 0 spiro atoms. The highest BCUT2D eigenvalue weighted by Crippen LogP contribution is 2.22. The molecule has 0 saturated heterocycles. The van der Waals surface area contributed by atoms with Gasteiger partial charge in [-0.2, -0.15) is 0 Å². The lowest BCUT2D eigenvalue weighted by molar-refractivity contribution is 0.232. The van der Waals surface area contributed by atoms with Crippen LogP contribution in [0.5, 0.6) is 0 Å². The zero-order chi connectivity index (χ0) is 14.5. The van der Waals surface area contributed by atoms with Crippen LogP contribution in [0.15, 0.2) is 40.8 Å². The van der Waals surface area contributed by atoms with Gasteiger partial charge in [0, 0.05) is 17.6 Å². The smallest absolute Gasteiger partial charge is 0.105 e. The van der Waals surface area contributed by atoms with Crippen molar-refractivity contribution in [2.75, 3.05) is 6.61 Å². The summed E-state index contributed by atoms with van der Waals surface area (Å²) < 4.78 is 5.57. The Balaban J connectivity index is 2.01. The van der Waals surface area contributed by atoms with Crippen molar-refractivity contribution < 1.29 is 9.52 Å². The van der Waals surface area contributed by atoms with E-state index < -0.39 is 0 Å². The van der Waals surface area contributed by atoms with Crippen LogP contribution >= 0.6 is 0 Å². The maximum atomic E-state index is 9.57. The van der Waals surface area contributed by atoms with E-state index in [1.807, 2.05) is 32.0 Å². The van der Waals surface area contributed by atoms with Gasteiger partial charge in [0.2, 0.25) is 0 Å². The SMILES string of the molecule is Cc1cc(C(C)N[C@@H](CO)Cc2ccccc2)c(C)o1. The fourth-order valence-corrected chi connectivity index (χ4v) is 2.60. The van der Waals surface area contributed by atoms with E-state index >= 15 is 0 Å². The van der Waals surface area contributed by atoms with E-state index in [4.69, 9.17) is 4.42 Å². The molecular formula is C17H23NO2. The van der Waals surface area contributed by atoms with Crippen LogP contribution in [0.25, 0.3) is 0 Å². The van der Waals surface area contributed by atoms with Gasteiger partial charge in [-0.3, -0.25) is 0 Å². The maximum absolute atomic E-state index is 9.57. The van der Waals surface area contributed by atoms with Crippen molar-refractivity contribution in [2.45, 2.75) is 39.3 Å². The average Bonchev–Trinajstić information content (AvgIpc) is 2.78. The van der Waals surface area contributed by atoms with Crippen LogP contribution in [0.1, 0.15) is 35.6 Å². The van der Waals surface area contributed by atoms with Crippen molar-refractivity contribution in [3.8, 4) is 0 Å². The van der Waals surface area contributed by atoms with E-state index in [-0.39, 0.29) is 18.7 Å². The van der Waals surface area contributed by atoms with E-state index in [1.165, 1.54) is 5.56 Å². The predicted molar refractivity (Wildman–Crippen MR) is 80.8 cm³/mol. The lowest BCUT2D eigenvalue weighted by atomic mass is 10.0. The first-order valence-electron chi connectivity index (χ1n) is 7.08. The Labute approximate surface area is 120 Å². The Morgan fingerprint density at radius 3 is 2.45 bits per heavy atom. The first-order chi connectivity index (χ1) is 9.60. The fourth-order valence-electron chi connectivity index (χ4n) is 2.60. The summed E-state index contributed by atoms with van der Waals surface area (Å²) in [6.45, 7) is 6.16. The van der Waals surface area contributed by atoms with Crippen molar-refractivity contribution in [3.63, 3.8) is 0 Å². The molecule has 1 unspecified atom stereocenters. The van der Waals surface area contributed by atoms with E-state index in [0.717, 1.165) is 23.5 Å². The number of nitrogens with one attached hydrogen (secondary N) is 1. The summed E-state index contributed by atoms with van der Waals surface area (Å²) >= 11 is 0. The van der Waals surface area contributed by atoms with Crippen molar-refractivity contribution in [1.82, 2.24) is 5.32 Å². The number of hydrogen-bond acceptors (Lipinski definition) is 3. The molecule has 2 atom stereocenters. The standard InChI is InChI=1S/C17H23NO2/c1-12-9-17(14(3)20-12)13(2)18-16(11-19)10-15-7-5-4-6-8-15/h4-9,13,16,18-19H,10-11H2,1-3H3/t13?,16-/m1/s1. The summed E-state index contributed by atoms with van der Waals surface area (Å²) in [5, 5.41) is 13.0. The number of aliphatic hydroxyl groups is 1. The van der Waals surface area contributed by atoms with Crippen molar-refractivity contribution in [1.29, 1.82) is 0 Å². The van der Waals surface area contributed by atoms with Crippen LogP contribution < -0.4 is 5.32 Å². The molecule has 1 aromatic heterocycles. The largest absolute Gasteiger partial charge is 0.466 e. The van der Waals surface area contributed by atoms with Gasteiger partial charge in [-0.1, -0.05) is 30.3 Å². The van der Waals surface area contributed by atoms with E-state index in [9.17, 15) is 5.11 Å². The minimum atomic E-state index is 0.0435. The quantitative estimate of drug-likeness (QED) is 0.850. The molecule has 108 valence electrons. The van der Waals surface area contributed by atoms with E-state index in [2.05, 4.69) is 30.4 Å². The summed E-state index contributed by atoms with van der Waals surface area (Å²) in [4.78, 5) is 0. The molecule has 2 N–H and O–H groups in total. The highest BCUT2D eigenvalue weighted by molar-refractivity contribution is 5.24. The minimum Gasteiger partial charge on any atom is -0.466 e. The molecule has 2 aromatic rings. The Morgan fingerprint density at radius 2 is 1.90 bits per heavy atom. The van der Waals surface area contributed by atoms with E-state index in [1.54, 1.807) is 0 Å². The van der Waals surface area contributed by atoms with Gasteiger partial charge < -0.3 is 14.8 Å². The van der Waals surface area contributed by atoms with Crippen LogP contribution in [-0.4, -0.2) is 17.8 Å². The molecule has 0 aliphatic heterocycles. The summed E-state index contributed by atoms with van der Waals surface area (Å²) in [5.41, 5.74) is 2.39. The highest BCUT2D eigenvalue weighted by atomic mass is 16.3. The normalized spacial score (nSPS) is 14.2. The highest BCUT2D eigenvalue weighted by Gasteiger charge is 2.17. The molecule has 1 heterocycles. The third-order valence-electron chi connectivity index (χ3n) is 3.58. The number of rotatable bonds is 6. The molecule has 1 aromatic carbocycles. The van der Waals surface area contributed by atoms with Crippen LogP contribution in [0.3, 0.4) is 0 Å². The summed E-state index contributed by atoms with van der Waals surface area (Å²) in [6, 6.07) is 12.5. The van der Waals surface area contributed by atoms with Crippen LogP contribution in [0.4, 0.5) is 0 Å². The van der Waals surface area contributed by atoms with Crippen molar-refractivity contribution >= 4 is 0 Å². The first-order valence-corrected chi connectivity index (χ1v) is 7.08. The van der Waals surface area contributed by atoms with Gasteiger partial charge in [0.1, 0.15) is 11.5 Å². The van der Waals surface area contributed by atoms with E-state index in [0.29, 0.717) is 0 Å². The molecule has 0 fully saturated rings. The lowest BCUT2D eigenvalue weighted by Crippen LogP contribution is -2.36. The van der Waals surface area contributed by atoms with Gasteiger partial charge in [-0.05, 0) is 38.8 Å². The van der Waals surface area contributed by atoms with Crippen molar-refractivity contribution in [3.05, 3.63) is 59.0 Å². The van der Waals surface area contributed by atoms with Gasteiger partial charge in [0.25, 0.3) is 0 Å². The lowest BCUT2D eigenvalue weighted by Gasteiger charge is -2.21. The average molecular weight is 273 g/mol. The molecule has 0 aliphatic rings. The van der Waals surface area contributed by atoms with Gasteiger partial charge in [-0.15, -0.1) is 0 Å². The predicted octanol–water partition coefficient (Wildman–Crippen LogP) is 3.15. The number of aliphatic hydroxyl groups excluding tert-OH is 1. The van der Waals surface area contributed by atoms with Gasteiger partial charge in [-0.25, -0.2) is 0 Å². The van der Waals surface area contributed by atoms with Gasteiger partial charge in [0.05, 0.1) is 6.61 Å². The second kappa shape index (κ2) is 6.73. The molecule has 3 heteroatoms. The number of benzene rings is 1. The number of aryl methyl sites for hydroxylation is 2.